The Bertz CT molecular complexity index is 775. The molecule has 0 bridgehead atoms. The van der Waals surface area contributed by atoms with Gasteiger partial charge in [-0.15, -0.1) is 0 Å². The van der Waals surface area contributed by atoms with E-state index in [4.69, 9.17) is 0 Å². The fourth-order valence-corrected chi connectivity index (χ4v) is 2.26. The van der Waals surface area contributed by atoms with Gasteiger partial charge in [-0.05, 0) is 52.0 Å². The average Bonchev–Trinajstić information content (AvgIpc) is 2.58. The van der Waals surface area contributed by atoms with Gasteiger partial charge < -0.3 is 0 Å². The molecular formula is C20H22N2O3. The van der Waals surface area contributed by atoms with Crippen LogP contribution in [0.3, 0.4) is 0 Å². The van der Waals surface area contributed by atoms with Crippen LogP contribution in [0.1, 0.15) is 58.8 Å². The monoisotopic (exact) mass is 338 g/mol. The zero-order valence-corrected chi connectivity index (χ0v) is 14.9. The van der Waals surface area contributed by atoms with Gasteiger partial charge in [0, 0.05) is 16.7 Å². The summed E-state index contributed by atoms with van der Waals surface area (Å²) in [4.78, 5) is 36.6. The van der Waals surface area contributed by atoms with Gasteiger partial charge in [0.05, 0.1) is 5.54 Å². The van der Waals surface area contributed by atoms with Gasteiger partial charge >= 0.3 is 0 Å². The number of amides is 2. The molecule has 130 valence electrons. The normalized spacial score (nSPS) is 10.9. The lowest BCUT2D eigenvalue weighted by Gasteiger charge is -2.35. The Morgan fingerprint density at radius 1 is 0.800 bits per heavy atom. The first-order chi connectivity index (χ1) is 11.7. The third-order valence-electron chi connectivity index (χ3n) is 3.66. The Balaban J connectivity index is 2.24. The van der Waals surface area contributed by atoms with E-state index in [1.165, 1.54) is 11.9 Å². The van der Waals surface area contributed by atoms with E-state index in [1.54, 1.807) is 48.5 Å². The molecule has 0 heterocycles. The molecule has 0 saturated carbocycles. The van der Waals surface area contributed by atoms with Gasteiger partial charge in [-0.25, -0.2) is 5.01 Å². The predicted molar refractivity (Wildman–Crippen MR) is 96.3 cm³/mol. The van der Waals surface area contributed by atoms with Gasteiger partial charge in [-0.2, -0.15) is 0 Å². The van der Waals surface area contributed by atoms with E-state index in [1.807, 2.05) is 26.8 Å². The molecule has 0 spiro atoms. The molecule has 0 saturated heterocycles. The largest absolute Gasteiger partial charge is 0.295 e. The lowest BCUT2D eigenvalue weighted by molar-refractivity contribution is 0.0358. The van der Waals surface area contributed by atoms with Gasteiger partial charge in [0.15, 0.2) is 5.78 Å². The number of nitrogens with one attached hydrogen (secondary N) is 1. The maximum atomic E-state index is 12.8. The third-order valence-corrected chi connectivity index (χ3v) is 3.66. The molecule has 2 aromatic rings. The van der Waals surface area contributed by atoms with Crippen LogP contribution in [0.25, 0.3) is 0 Å². The van der Waals surface area contributed by atoms with E-state index >= 15 is 0 Å². The van der Waals surface area contributed by atoms with Crippen molar-refractivity contribution in [2.75, 3.05) is 0 Å². The summed E-state index contributed by atoms with van der Waals surface area (Å²) in [6.45, 7) is 6.99. The molecule has 0 aliphatic rings. The Kier molecular flexibility index (Phi) is 5.37. The van der Waals surface area contributed by atoms with E-state index in [0.717, 1.165) is 0 Å². The number of ketones is 1. The van der Waals surface area contributed by atoms with Crippen LogP contribution in [-0.4, -0.2) is 28.1 Å². The first-order valence-corrected chi connectivity index (χ1v) is 8.02. The number of hydrazine groups is 1. The maximum absolute atomic E-state index is 12.8. The second-order valence-corrected chi connectivity index (χ2v) is 6.75. The number of nitrogens with zero attached hydrogens (tertiary/aromatic N) is 1. The van der Waals surface area contributed by atoms with Crippen molar-refractivity contribution in [1.29, 1.82) is 0 Å². The molecule has 5 nitrogen and oxygen atoms in total. The van der Waals surface area contributed by atoms with Crippen LogP contribution in [-0.2, 0) is 0 Å². The number of carbonyl (C=O) groups is 3. The Morgan fingerprint density at radius 3 is 1.80 bits per heavy atom. The first-order valence-electron chi connectivity index (χ1n) is 8.02. The number of rotatable bonds is 3. The summed E-state index contributed by atoms with van der Waals surface area (Å²) in [5, 5.41) is 1.32. The fraction of sp³-hybridized carbons (Fsp3) is 0.250. The molecule has 2 rings (SSSR count). The van der Waals surface area contributed by atoms with Crippen LogP contribution in [0.5, 0.6) is 0 Å². The predicted octanol–water partition coefficient (Wildman–Crippen LogP) is 3.47. The molecule has 0 atom stereocenters. The summed E-state index contributed by atoms with van der Waals surface area (Å²) in [7, 11) is 0. The number of benzene rings is 2. The molecule has 0 fully saturated rings. The molecular weight excluding hydrogens is 316 g/mol. The Hall–Kier alpha value is -2.95. The molecule has 5 heteroatoms. The van der Waals surface area contributed by atoms with Crippen LogP contribution < -0.4 is 5.43 Å². The van der Waals surface area contributed by atoms with Crippen molar-refractivity contribution in [3.05, 3.63) is 71.3 Å². The lowest BCUT2D eigenvalue weighted by atomic mass is 10.1. The van der Waals surface area contributed by atoms with Crippen LogP contribution >= 0.6 is 0 Å². The van der Waals surface area contributed by atoms with Gasteiger partial charge in [0.1, 0.15) is 0 Å². The summed E-state index contributed by atoms with van der Waals surface area (Å²) in [6.07, 6.45) is 0. The average molecular weight is 338 g/mol. The highest BCUT2D eigenvalue weighted by atomic mass is 16.2. The van der Waals surface area contributed by atoms with E-state index in [9.17, 15) is 14.4 Å². The van der Waals surface area contributed by atoms with Crippen LogP contribution in [0, 0.1) is 0 Å². The van der Waals surface area contributed by atoms with Crippen molar-refractivity contribution in [1.82, 2.24) is 10.4 Å². The summed E-state index contributed by atoms with van der Waals surface area (Å²) < 4.78 is 0. The summed E-state index contributed by atoms with van der Waals surface area (Å²) in [5.74, 6) is -0.765. The van der Waals surface area contributed by atoms with Crippen LogP contribution in [0.2, 0.25) is 0 Å². The van der Waals surface area contributed by atoms with Crippen molar-refractivity contribution in [2.45, 2.75) is 33.2 Å². The summed E-state index contributed by atoms with van der Waals surface area (Å²) >= 11 is 0. The molecule has 0 aliphatic heterocycles. The van der Waals surface area contributed by atoms with Crippen molar-refractivity contribution in [3.63, 3.8) is 0 Å². The number of hydrogen-bond donors (Lipinski definition) is 1. The minimum atomic E-state index is -0.609. The minimum Gasteiger partial charge on any atom is -0.295 e. The molecule has 0 aromatic heterocycles. The van der Waals surface area contributed by atoms with Gasteiger partial charge in [-0.1, -0.05) is 30.3 Å². The first kappa shape index (κ1) is 18.4. The second kappa shape index (κ2) is 7.30. The molecule has 1 N–H and O–H groups in total. The zero-order valence-electron chi connectivity index (χ0n) is 14.9. The number of carbonyl (C=O) groups excluding carboxylic acids is 3. The quantitative estimate of drug-likeness (QED) is 0.688. The van der Waals surface area contributed by atoms with Gasteiger partial charge in [-0.3, -0.25) is 19.8 Å². The summed E-state index contributed by atoms with van der Waals surface area (Å²) in [6, 6.07) is 15.1. The van der Waals surface area contributed by atoms with Crippen LogP contribution in [0.15, 0.2) is 54.6 Å². The van der Waals surface area contributed by atoms with E-state index in [-0.39, 0.29) is 11.7 Å². The molecule has 0 aliphatic carbocycles. The van der Waals surface area contributed by atoms with E-state index in [2.05, 4.69) is 5.43 Å². The lowest BCUT2D eigenvalue weighted by Crippen LogP contribution is -2.55. The van der Waals surface area contributed by atoms with E-state index < -0.39 is 11.4 Å². The Morgan fingerprint density at radius 2 is 1.32 bits per heavy atom. The number of Topliss-reactive ketones (excluding diaryl/α,β-unsaturated/α-hetero) is 1. The molecule has 2 amide bonds. The zero-order chi connectivity index (χ0) is 18.6. The minimum absolute atomic E-state index is 0.0671. The third kappa shape index (κ3) is 4.53. The highest BCUT2D eigenvalue weighted by Gasteiger charge is 2.29. The van der Waals surface area contributed by atoms with Crippen molar-refractivity contribution < 1.29 is 14.4 Å². The topological polar surface area (TPSA) is 66.5 Å². The van der Waals surface area contributed by atoms with E-state index in [0.29, 0.717) is 16.7 Å². The summed E-state index contributed by atoms with van der Waals surface area (Å²) in [5.41, 5.74) is 3.47. The molecule has 0 unspecified atom stereocenters. The standard InChI is InChI=1S/C20H22N2O3/c1-14(23)15-10-12-16(13-11-15)18(24)21-22(20(2,3)4)19(25)17-8-6-5-7-9-17/h5-13H,1-4H3,(H,21,24). The molecule has 25 heavy (non-hydrogen) atoms. The highest BCUT2D eigenvalue weighted by Crippen LogP contribution is 2.16. The fourth-order valence-electron chi connectivity index (χ4n) is 2.26. The van der Waals surface area contributed by atoms with Crippen molar-refractivity contribution in [3.8, 4) is 0 Å². The number of hydrogen-bond acceptors (Lipinski definition) is 3. The molecule has 0 radical (unpaired) electrons. The van der Waals surface area contributed by atoms with Crippen LogP contribution in [0.4, 0.5) is 0 Å². The highest BCUT2D eigenvalue weighted by molar-refractivity contribution is 6.00. The van der Waals surface area contributed by atoms with Crippen molar-refractivity contribution >= 4 is 17.6 Å². The van der Waals surface area contributed by atoms with Crippen molar-refractivity contribution in [2.24, 2.45) is 0 Å². The molecule has 2 aromatic carbocycles. The smallest absolute Gasteiger partial charge is 0.272 e. The van der Waals surface area contributed by atoms with Gasteiger partial charge in [0.25, 0.3) is 11.8 Å². The SMILES string of the molecule is CC(=O)c1ccc(C(=O)NN(C(=O)c2ccccc2)C(C)(C)C)cc1. The maximum Gasteiger partial charge on any atom is 0.272 e. The Labute approximate surface area is 147 Å². The van der Waals surface area contributed by atoms with Gasteiger partial charge in [0.2, 0.25) is 0 Å². The second-order valence-electron chi connectivity index (χ2n) is 6.75.